The molecule has 0 spiro atoms. The largest absolute Gasteiger partial charge is 0.444 e. The molecule has 1 fully saturated rings. The van der Waals surface area contributed by atoms with Crippen molar-refractivity contribution >= 4 is 11.9 Å². The molecule has 1 aliphatic rings. The molecule has 0 atom stereocenters. The number of pyridine rings is 2. The number of carbonyl (C=O) groups excluding carboxylic acids is 1. The molecule has 0 saturated carbocycles. The number of anilines is 1. The Morgan fingerprint density at radius 2 is 1.93 bits per heavy atom. The van der Waals surface area contributed by atoms with Crippen molar-refractivity contribution in [2.24, 2.45) is 0 Å². The number of carbonyl (C=O) groups is 1. The zero-order valence-corrected chi connectivity index (χ0v) is 15.8. The van der Waals surface area contributed by atoms with Crippen LogP contribution in [0, 0.1) is 11.3 Å². The van der Waals surface area contributed by atoms with Crippen LogP contribution in [0.3, 0.4) is 0 Å². The van der Waals surface area contributed by atoms with Gasteiger partial charge in [-0.3, -0.25) is 4.98 Å². The molecule has 27 heavy (non-hydrogen) atoms. The number of rotatable bonds is 2. The Balaban J connectivity index is 1.76. The Bertz CT molecular complexity index is 847. The van der Waals surface area contributed by atoms with Crippen LogP contribution in [-0.4, -0.2) is 52.7 Å². The molecule has 0 aromatic carbocycles. The summed E-state index contributed by atoms with van der Waals surface area (Å²) in [5.74, 6) is 0.641. The lowest BCUT2D eigenvalue weighted by atomic mass is 10.1. The molecule has 140 valence electrons. The number of nitriles is 1. The Hall–Kier alpha value is -3.14. The first-order valence-corrected chi connectivity index (χ1v) is 8.92. The number of hydrogen-bond donors (Lipinski definition) is 0. The van der Waals surface area contributed by atoms with Crippen LogP contribution in [0.2, 0.25) is 0 Å². The van der Waals surface area contributed by atoms with E-state index in [0.717, 1.165) is 11.3 Å². The van der Waals surface area contributed by atoms with Crippen LogP contribution in [-0.2, 0) is 4.74 Å². The van der Waals surface area contributed by atoms with Gasteiger partial charge in [-0.1, -0.05) is 0 Å². The van der Waals surface area contributed by atoms with Gasteiger partial charge in [-0.25, -0.2) is 9.78 Å². The number of amides is 1. The zero-order valence-electron chi connectivity index (χ0n) is 15.8. The SMILES string of the molecule is CC(C)(C)OC(=O)N1CCN(c2nc(-c3cccnc3)ccc2C#N)CC1. The smallest absolute Gasteiger partial charge is 0.410 e. The van der Waals surface area contributed by atoms with E-state index in [1.54, 1.807) is 23.4 Å². The molecule has 0 bridgehead atoms. The highest BCUT2D eigenvalue weighted by Gasteiger charge is 2.27. The van der Waals surface area contributed by atoms with Crippen LogP contribution in [0.1, 0.15) is 26.3 Å². The second-order valence-electron chi connectivity index (χ2n) is 7.38. The van der Waals surface area contributed by atoms with E-state index in [9.17, 15) is 10.1 Å². The molecule has 2 aromatic heterocycles. The van der Waals surface area contributed by atoms with Gasteiger partial charge >= 0.3 is 6.09 Å². The molecule has 0 unspecified atom stereocenters. The second-order valence-corrected chi connectivity index (χ2v) is 7.38. The maximum Gasteiger partial charge on any atom is 0.410 e. The van der Waals surface area contributed by atoms with Gasteiger partial charge in [0.25, 0.3) is 0 Å². The lowest BCUT2D eigenvalue weighted by Crippen LogP contribution is -2.50. The third-order valence-corrected chi connectivity index (χ3v) is 4.18. The predicted molar refractivity (Wildman–Crippen MR) is 102 cm³/mol. The van der Waals surface area contributed by atoms with Crippen LogP contribution < -0.4 is 4.90 Å². The van der Waals surface area contributed by atoms with Crippen molar-refractivity contribution < 1.29 is 9.53 Å². The van der Waals surface area contributed by atoms with Gasteiger partial charge in [0.05, 0.1) is 11.3 Å². The molecule has 0 aliphatic carbocycles. The predicted octanol–water partition coefficient (Wildman–Crippen LogP) is 3.07. The third kappa shape index (κ3) is 4.53. The molecule has 2 aromatic rings. The van der Waals surface area contributed by atoms with Crippen LogP contribution in [0.5, 0.6) is 0 Å². The van der Waals surface area contributed by atoms with E-state index in [4.69, 9.17) is 9.72 Å². The summed E-state index contributed by atoms with van der Waals surface area (Å²) in [6.07, 6.45) is 3.16. The van der Waals surface area contributed by atoms with Crippen LogP contribution in [0.15, 0.2) is 36.7 Å². The highest BCUT2D eigenvalue weighted by atomic mass is 16.6. The second kappa shape index (κ2) is 7.62. The van der Waals surface area contributed by atoms with Gasteiger partial charge in [0.15, 0.2) is 0 Å². The van der Waals surface area contributed by atoms with Crippen LogP contribution >= 0.6 is 0 Å². The molecule has 3 rings (SSSR count). The van der Waals surface area contributed by atoms with E-state index in [2.05, 4.69) is 11.1 Å². The third-order valence-electron chi connectivity index (χ3n) is 4.18. The quantitative estimate of drug-likeness (QED) is 0.813. The van der Waals surface area contributed by atoms with Crippen molar-refractivity contribution in [3.05, 3.63) is 42.2 Å². The van der Waals surface area contributed by atoms with E-state index in [1.807, 2.05) is 43.9 Å². The summed E-state index contributed by atoms with van der Waals surface area (Å²) >= 11 is 0. The summed E-state index contributed by atoms with van der Waals surface area (Å²) in [6, 6.07) is 9.62. The summed E-state index contributed by atoms with van der Waals surface area (Å²) in [7, 11) is 0. The Morgan fingerprint density at radius 1 is 1.19 bits per heavy atom. The normalized spacial score (nSPS) is 14.6. The van der Waals surface area contributed by atoms with E-state index in [1.165, 1.54) is 0 Å². The molecule has 1 saturated heterocycles. The standard InChI is InChI=1S/C20H23N5O2/c1-20(2,3)27-19(26)25-11-9-24(10-12-25)18-15(13-21)6-7-17(23-18)16-5-4-8-22-14-16/h4-8,14H,9-12H2,1-3H3. The maximum absolute atomic E-state index is 12.2. The van der Waals surface area contributed by atoms with Crippen molar-refractivity contribution in [3.8, 4) is 17.3 Å². The molecule has 3 heterocycles. The van der Waals surface area contributed by atoms with E-state index >= 15 is 0 Å². The minimum absolute atomic E-state index is 0.306. The van der Waals surface area contributed by atoms with Crippen molar-refractivity contribution in [2.75, 3.05) is 31.1 Å². The Morgan fingerprint density at radius 3 is 2.52 bits per heavy atom. The minimum Gasteiger partial charge on any atom is -0.444 e. The molecular formula is C20H23N5O2. The van der Waals surface area contributed by atoms with Gasteiger partial charge in [0.2, 0.25) is 0 Å². The fourth-order valence-corrected chi connectivity index (χ4v) is 2.88. The zero-order chi connectivity index (χ0) is 19.4. The average Bonchev–Trinajstić information content (AvgIpc) is 2.67. The van der Waals surface area contributed by atoms with Crippen molar-refractivity contribution in [1.29, 1.82) is 5.26 Å². The molecule has 7 nitrogen and oxygen atoms in total. The average molecular weight is 365 g/mol. The topological polar surface area (TPSA) is 82.3 Å². The van der Waals surface area contributed by atoms with Gasteiger partial charge in [-0.05, 0) is 45.0 Å². The molecule has 7 heteroatoms. The highest BCUT2D eigenvalue weighted by molar-refractivity contribution is 5.69. The highest BCUT2D eigenvalue weighted by Crippen LogP contribution is 2.25. The van der Waals surface area contributed by atoms with Gasteiger partial charge in [0.1, 0.15) is 17.5 Å². The number of nitrogens with zero attached hydrogens (tertiary/aromatic N) is 5. The number of aromatic nitrogens is 2. The summed E-state index contributed by atoms with van der Waals surface area (Å²) in [6.45, 7) is 7.81. The van der Waals surface area contributed by atoms with Crippen molar-refractivity contribution in [3.63, 3.8) is 0 Å². The van der Waals surface area contributed by atoms with Gasteiger partial charge < -0.3 is 14.5 Å². The van der Waals surface area contributed by atoms with E-state index in [0.29, 0.717) is 37.6 Å². The van der Waals surface area contributed by atoms with Crippen LogP contribution in [0.4, 0.5) is 10.6 Å². The monoisotopic (exact) mass is 365 g/mol. The van der Waals surface area contributed by atoms with E-state index in [-0.39, 0.29) is 6.09 Å². The first-order chi connectivity index (χ1) is 12.9. The van der Waals surface area contributed by atoms with Gasteiger partial charge in [0, 0.05) is 44.1 Å². The van der Waals surface area contributed by atoms with Crippen LogP contribution in [0.25, 0.3) is 11.3 Å². The van der Waals surface area contributed by atoms with E-state index < -0.39 is 5.60 Å². The number of hydrogen-bond acceptors (Lipinski definition) is 6. The molecule has 1 aliphatic heterocycles. The Kier molecular flexibility index (Phi) is 5.26. The maximum atomic E-state index is 12.2. The molecule has 0 N–H and O–H groups in total. The number of ether oxygens (including phenoxy) is 1. The fourth-order valence-electron chi connectivity index (χ4n) is 2.88. The van der Waals surface area contributed by atoms with Gasteiger partial charge in [-0.15, -0.1) is 0 Å². The molecule has 1 amide bonds. The van der Waals surface area contributed by atoms with Gasteiger partial charge in [-0.2, -0.15) is 5.26 Å². The first kappa shape index (κ1) is 18.6. The van der Waals surface area contributed by atoms with Crippen molar-refractivity contribution in [2.45, 2.75) is 26.4 Å². The summed E-state index contributed by atoms with van der Waals surface area (Å²) in [5.41, 5.74) is 1.68. The minimum atomic E-state index is -0.512. The van der Waals surface area contributed by atoms with Crippen molar-refractivity contribution in [1.82, 2.24) is 14.9 Å². The Labute approximate surface area is 159 Å². The summed E-state index contributed by atoms with van der Waals surface area (Å²) in [4.78, 5) is 24.8. The first-order valence-electron chi connectivity index (χ1n) is 8.92. The lowest BCUT2D eigenvalue weighted by Gasteiger charge is -2.36. The molecule has 0 radical (unpaired) electrons. The molecular weight excluding hydrogens is 342 g/mol. The summed E-state index contributed by atoms with van der Waals surface area (Å²) in [5, 5.41) is 9.46. The lowest BCUT2D eigenvalue weighted by molar-refractivity contribution is 0.0240. The summed E-state index contributed by atoms with van der Waals surface area (Å²) < 4.78 is 5.43. The number of piperazine rings is 1. The fraction of sp³-hybridized carbons (Fsp3) is 0.400.